The maximum Gasteiger partial charge on any atom is 0.304 e. The number of carbonyl (C=O) groups is 1. The summed E-state index contributed by atoms with van der Waals surface area (Å²) in [5.41, 5.74) is 0. The lowest BCUT2D eigenvalue weighted by atomic mass is 9.78. The van der Waals surface area contributed by atoms with Crippen LogP contribution in [0.3, 0.4) is 0 Å². The Hall–Kier alpha value is -0.570. The van der Waals surface area contributed by atoms with Gasteiger partial charge in [-0.1, -0.05) is 13.8 Å². The van der Waals surface area contributed by atoms with E-state index in [2.05, 4.69) is 32.6 Å². The number of aliphatic carboxylic acids is 1. The number of carboxylic acid groups (broad SMARTS) is 1. The van der Waals surface area contributed by atoms with Crippen LogP contribution in [0.5, 0.6) is 0 Å². The van der Waals surface area contributed by atoms with E-state index in [4.69, 9.17) is 5.11 Å². The molecule has 1 rings (SSSR count). The summed E-state index contributed by atoms with van der Waals surface area (Å²) in [4.78, 5) is 13.1. The van der Waals surface area contributed by atoms with E-state index >= 15 is 0 Å². The first-order chi connectivity index (χ1) is 7.91. The van der Waals surface area contributed by atoms with Crippen LogP contribution < -0.4 is 0 Å². The van der Waals surface area contributed by atoms with E-state index in [0.717, 1.165) is 11.8 Å². The molecule has 0 aromatic carbocycles. The average molecular weight is 241 g/mol. The van der Waals surface area contributed by atoms with E-state index in [1.807, 2.05) is 0 Å². The van der Waals surface area contributed by atoms with Crippen LogP contribution in [0.15, 0.2) is 0 Å². The molecule has 3 unspecified atom stereocenters. The summed E-state index contributed by atoms with van der Waals surface area (Å²) in [5.74, 6) is 0.896. The lowest BCUT2D eigenvalue weighted by molar-refractivity contribution is -0.137. The van der Waals surface area contributed by atoms with Crippen LogP contribution in [0.1, 0.15) is 53.4 Å². The molecule has 100 valence electrons. The predicted octanol–water partition coefficient (Wildman–Crippen LogP) is 3.00. The highest BCUT2D eigenvalue weighted by Crippen LogP contribution is 2.32. The molecular weight excluding hydrogens is 214 g/mol. The van der Waals surface area contributed by atoms with Gasteiger partial charge in [0.05, 0.1) is 6.42 Å². The first-order valence-corrected chi connectivity index (χ1v) is 6.89. The summed E-state index contributed by atoms with van der Waals surface area (Å²) >= 11 is 0. The highest BCUT2D eigenvalue weighted by Gasteiger charge is 2.29. The molecule has 3 heteroatoms. The first-order valence-electron chi connectivity index (χ1n) is 6.89. The Bertz CT molecular complexity index is 253. The van der Waals surface area contributed by atoms with Gasteiger partial charge in [0.2, 0.25) is 0 Å². The molecule has 3 nitrogen and oxygen atoms in total. The number of carboxylic acids is 1. The van der Waals surface area contributed by atoms with Gasteiger partial charge < -0.3 is 5.11 Å². The molecular formula is C14H27NO2. The minimum absolute atomic E-state index is 0.263. The Labute approximate surface area is 105 Å². The zero-order valence-corrected chi connectivity index (χ0v) is 11.6. The molecule has 0 bridgehead atoms. The van der Waals surface area contributed by atoms with E-state index in [1.165, 1.54) is 19.3 Å². The van der Waals surface area contributed by atoms with Gasteiger partial charge in [0.15, 0.2) is 0 Å². The Morgan fingerprint density at radius 3 is 2.41 bits per heavy atom. The standard InChI is InChI=1S/C14H27NO2/c1-10(2)15(8-7-14(16)17)13-6-5-11(3)12(4)9-13/h10-13H,5-9H2,1-4H3,(H,16,17). The van der Waals surface area contributed by atoms with Crippen molar-refractivity contribution >= 4 is 5.97 Å². The Kier molecular flexibility index (Phi) is 5.44. The first kappa shape index (κ1) is 14.5. The van der Waals surface area contributed by atoms with Crippen molar-refractivity contribution in [2.24, 2.45) is 11.8 Å². The average Bonchev–Trinajstić information content (AvgIpc) is 2.22. The molecule has 0 spiro atoms. The Balaban J connectivity index is 2.55. The Morgan fingerprint density at radius 2 is 1.94 bits per heavy atom. The summed E-state index contributed by atoms with van der Waals surface area (Å²) in [5, 5.41) is 8.81. The van der Waals surface area contributed by atoms with Crippen LogP contribution in [0.2, 0.25) is 0 Å². The third-order valence-electron chi connectivity index (χ3n) is 4.29. The fourth-order valence-electron chi connectivity index (χ4n) is 2.91. The second-order valence-electron chi connectivity index (χ2n) is 5.90. The summed E-state index contributed by atoms with van der Waals surface area (Å²) in [6.07, 6.45) is 3.99. The third kappa shape index (κ3) is 4.30. The SMILES string of the molecule is CC1CCC(N(CCC(=O)O)C(C)C)CC1C. The van der Waals surface area contributed by atoms with Gasteiger partial charge in [0.1, 0.15) is 0 Å². The number of hydrogen-bond acceptors (Lipinski definition) is 2. The van der Waals surface area contributed by atoms with E-state index in [0.29, 0.717) is 18.6 Å². The van der Waals surface area contributed by atoms with Gasteiger partial charge in [-0.05, 0) is 44.9 Å². The van der Waals surface area contributed by atoms with E-state index < -0.39 is 5.97 Å². The molecule has 0 radical (unpaired) electrons. The van der Waals surface area contributed by atoms with Crippen LogP contribution in [0, 0.1) is 11.8 Å². The van der Waals surface area contributed by atoms with Gasteiger partial charge in [0, 0.05) is 18.6 Å². The number of hydrogen-bond donors (Lipinski definition) is 1. The van der Waals surface area contributed by atoms with Crippen LogP contribution >= 0.6 is 0 Å². The van der Waals surface area contributed by atoms with E-state index in [1.54, 1.807) is 0 Å². The van der Waals surface area contributed by atoms with E-state index in [-0.39, 0.29) is 6.42 Å². The molecule has 1 N–H and O–H groups in total. The van der Waals surface area contributed by atoms with Gasteiger partial charge in [-0.15, -0.1) is 0 Å². The zero-order chi connectivity index (χ0) is 13.0. The van der Waals surface area contributed by atoms with Crippen LogP contribution in [-0.2, 0) is 4.79 Å². The summed E-state index contributed by atoms with van der Waals surface area (Å²) in [7, 11) is 0. The maximum absolute atomic E-state index is 10.7. The summed E-state index contributed by atoms with van der Waals surface area (Å²) in [6, 6.07) is 1.03. The third-order valence-corrected chi connectivity index (χ3v) is 4.29. The number of nitrogens with zero attached hydrogens (tertiary/aromatic N) is 1. The van der Waals surface area contributed by atoms with E-state index in [9.17, 15) is 4.79 Å². The van der Waals surface area contributed by atoms with Crippen molar-refractivity contribution in [3.8, 4) is 0 Å². The van der Waals surface area contributed by atoms with Crippen molar-refractivity contribution in [3.63, 3.8) is 0 Å². The molecule has 0 saturated heterocycles. The largest absolute Gasteiger partial charge is 0.481 e. The molecule has 1 aliphatic carbocycles. The van der Waals surface area contributed by atoms with Crippen molar-refractivity contribution in [2.45, 2.75) is 65.5 Å². The highest BCUT2D eigenvalue weighted by molar-refractivity contribution is 5.66. The Morgan fingerprint density at radius 1 is 1.29 bits per heavy atom. The summed E-state index contributed by atoms with van der Waals surface area (Å²) < 4.78 is 0. The van der Waals surface area contributed by atoms with Crippen molar-refractivity contribution < 1.29 is 9.90 Å². The van der Waals surface area contributed by atoms with Crippen molar-refractivity contribution in [1.82, 2.24) is 4.90 Å². The molecule has 3 atom stereocenters. The minimum Gasteiger partial charge on any atom is -0.481 e. The van der Waals surface area contributed by atoms with Crippen LogP contribution in [0.4, 0.5) is 0 Å². The molecule has 17 heavy (non-hydrogen) atoms. The van der Waals surface area contributed by atoms with Crippen molar-refractivity contribution in [1.29, 1.82) is 0 Å². The predicted molar refractivity (Wildman–Crippen MR) is 70.1 cm³/mol. The minimum atomic E-state index is -0.687. The maximum atomic E-state index is 10.7. The number of rotatable bonds is 5. The van der Waals surface area contributed by atoms with Gasteiger partial charge in [-0.25, -0.2) is 0 Å². The van der Waals surface area contributed by atoms with Gasteiger partial charge >= 0.3 is 5.97 Å². The fraction of sp³-hybridized carbons (Fsp3) is 0.929. The molecule has 0 amide bonds. The normalized spacial score (nSPS) is 29.9. The molecule has 0 heterocycles. The second-order valence-corrected chi connectivity index (χ2v) is 5.90. The van der Waals surface area contributed by atoms with Crippen molar-refractivity contribution in [3.05, 3.63) is 0 Å². The topological polar surface area (TPSA) is 40.5 Å². The zero-order valence-electron chi connectivity index (χ0n) is 11.6. The monoisotopic (exact) mass is 241 g/mol. The van der Waals surface area contributed by atoms with Gasteiger partial charge in [-0.3, -0.25) is 9.69 Å². The van der Waals surface area contributed by atoms with Crippen LogP contribution in [-0.4, -0.2) is 34.6 Å². The smallest absolute Gasteiger partial charge is 0.304 e. The summed E-state index contributed by atoms with van der Waals surface area (Å²) in [6.45, 7) is 9.69. The van der Waals surface area contributed by atoms with Gasteiger partial charge in [0.25, 0.3) is 0 Å². The molecule has 0 aromatic rings. The lowest BCUT2D eigenvalue weighted by Crippen LogP contribution is -2.45. The molecule has 1 saturated carbocycles. The second kappa shape index (κ2) is 6.39. The van der Waals surface area contributed by atoms with Gasteiger partial charge in [-0.2, -0.15) is 0 Å². The molecule has 1 fully saturated rings. The quantitative estimate of drug-likeness (QED) is 0.804. The molecule has 0 aliphatic heterocycles. The van der Waals surface area contributed by atoms with Crippen molar-refractivity contribution in [2.75, 3.05) is 6.54 Å². The highest BCUT2D eigenvalue weighted by atomic mass is 16.4. The van der Waals surface area contributed by atoms with Crippen LogP contribution in [0.25, 0.3) is 0 Å². The fourth-order valence-corrected chi connectivity index (χ4v) is 2.91. The molecule has 1 aliphatic rings. The lowest BCUT2D eigenvalue weighted by Gasteiger charge is -2.41. The molecule has 0 aromatic heterocycles.